The molecule has 184 valence electrons. The molecule has 34 heavy (non-hydrogen) atoms. The summed E-state index contributed by atoms with van der Waals surface area (Å²) in [6.45, 7) is 2.00. The number of aliphatic imine (C=N–C) groups is 1. The number of amidine groups is 1. The minimum atomic E-state index is -4.85. The molecule has 4 rings (SSSR count). The Hall–Kier alpha value is -2.16. The summed E-state index contributed by atoms with van der Waals surface area (Å²) in [5.41, 5.74) is -4.03. The van der Waals surface area contributed by atoms with E-state index in [9.17, 15) is 26.6 Å². The van der Waals surface area contributed by atoms with Gasteiger partial charge in [0, 0.05) is 40.8 Å². The molecule has 2 unspecified atom stereocenters. The van der Waals surface area contributed by atoms with Gasteiger partial charge in [-0.3, -0.25) is 4.99 Å². The number of hydrogen-bond acceptors (Lipinski definition) is 7. The number of esters is 1. The van der Waals surface area contributed by atoms with Crippen LogP contribution >= 0.6 is 27.3 Å². The van der Waals surface area contributed by atoms with Crippen LogP contribution in [0.1, 0.15) is 18.4 Å². The molecule has 3 heterocycles. The van der Waals surface area contributed by atoms with Crippen LogP contribution in [-0.2, 0) is 20.5 Å². The summed E-state index contributed by atoms with van der Waals surface area (Å²) in [6, 6.07) is 5.51. The number of hydrogen-bond donors (Lipinski definition) is 1. The van der Waals surface area contributed by atoms with E-state index in [-0.39, 0.29) is 31.9 Å². The zero-order valence-electron chi connectivity index (χ0n) is 17.6. The lowest BCUT2D eigenvalue weighted by atomic mass is 10.1. The molecule has 1 N–H and O–H groups in total. The zero-order chi connectivity index (χ0) is 24.9. The third-order valence-electron chi connectivity index (χ3n) is 4.58. The molecular formula is C20H19BrF4N4O3S2. The minimum absolute atomic E-state index is 0.0641. The van der Waals surface area contributed by atoms with Crippen molar-refractivity contribution in [3.63, 3.8) is 0 Å². The van der Waals surface area contributed by atoms with E-state index < -0.39 is 28.5 Å². The molecule has 0 saturated carbocycles. The van der Waals surface area contributed by atoms with Gasteiger partial charge in [0.2, 0.25) is 0 Å². The molecule has 0 amide bonds. The lowest BCUT2D eigenvalue weighted by Crippen LogP contribution is -2.41. The van der Waals surface area contributed by atoms with Gasteiger partial charge in [-0.05, 0) is 25.1 Å². The van der Waals surface area contributed by atoms with E-state index in [4.69, 9.17) is 4.74 Å². The summed E-state index contributed by atoms with van der Waals surface area (Å²) in [7, 11) is -3.18. The van der Waals surface area contributed by atoms with Crippen molar-refractivity contribution in [1.82, 2.24) is 14.6 Å². The van der Waals surface area contributed by atoms with Crippen LogP contribution in [-0.4, -0.2) is 57.1 Å². The molecule has 0 spiro atoms. The largest absolute Gasteiger partial charge is 0.485 e. The molecule has 14 heteroatoms. The average molecular weight is 583 g/mol. The summed E-state index contributed by atoms with van der Waals surface area (Å²) in [5.74, 6) is -0.267. The number of ether oxygens (including phenoxy) is 1. The highest BCUT2D eigenvalue weighted by molar-refractivity contribution is 9.10. The Bertz CT molecular complexity index is 1090. The standard InChI is InChI=1S/C14H15F3N4O3S2.C6H4BrF/c1-2-24-13(22)9-6-19-11(12-18-3-4-25-12)21-7-8(5-10(9)21)20-26(23)14(15,16)17;7-5-2-1-3-6(8)4-5/h3-4,8,20H,2,5-7H2,1H3;1-4H. The van der Waals surface area contributed by atoms with Gasteiger partial charge in [0.25, 0.3) is 0 Å². The summed E-state index contributed by atoms with van der Waals surface area (Å²) < 4.78 is 69.1. The highest BCUT2D eigenvalue weighted by Gasteiger charge is 2.43. The maximum Gasteiger partial charge on any atom is 0.485 e. The summed E-state index contributed by atoms with van der Waals surface area (Å²) >= 11 is 4.46. The summed E-state index contributed by atoms with van der Waals surface area (Å²) in [6.07, 6.45) is 1.71. The SMILES string of the molecule is CCOC(=O)C1=C2CC(NS(=O)C(F)(F)F)CN2C(c2nccs2)=NC1.Fc1cccc(Br)c1. The molecule has 1 aromatic heterocycles. The Labute approximate surface area is 207 Å². The number of halogens is 5. The topological polar surface area (TPSA) is 83.9 Å². The van der Waals surface area contributed by atoms with Crippen LogP contribution < -0.4 is 4.72 Å². The van der Waals surface area contributed by atoms with Crippen LogP contribution in [0.5, 0.6) is 0 Å². The fourth-order valence-corrected chi connectivity index (χ4v) is 4.86. The Kier molecular flexibility index (Phi) is 8.95. The van der Waals surface area contributed by atoms with Crippen LogP contribution in [0.25, 0.3) is 0 Å². The van der Waals surface area contributed by atoms with E-state index in [1.807, 2.05) is 0 Å². The van der Waals surface area contributed by atoms with E-state index in [2.05, 4.69) is 30.6 Å². The Morgan fingerprint density at radius 3 is 2.74 bits per heavy atom. The second kappa shape index (κ2) is 11.5. The van der Waals surface area contributed by atoms with Crippen LogP contribution in [0.4, 0.5) is 17.6 Å². The van der Waals surface area contributed by atoms with Crippen LogP contribution in [0, 0.1) is 5.82 Å². The van der Waals surface area contributed by atoms with E-state index in [0.717, 1.165) is 4.47 Å². The molecule has 2 aliphatic rings. The molecule has 0 radical (unpaired) electrons. The summed E-state index contributed by atoms with van der Waals surface area (Å²) in [5, 5.41) is 2.36. The molecule has 0 aliphatic carbocycles. The number of carbonyl (C=O) groups is 1. The van der Waals surface area contributed by atoms with Crippen molar-refractivity contribution in [2.75, 3.05) is 19.7 Å². The first-order valence-corrected chi connectivity index (χ1v) is 12.7. The van der Waals surface area contributed by atoms with E-state index >= 15 is 0 Å². The minimum Gasteiger partial charge on any atom is -0.463 e. The molecule has 2 aliphatic heterocycles. The number of alkyl halides is 3. The fraction of sp³-hybridized carbons (Fsp3) is 0.350. The van der Waals surface area contributed by atoms with Crippen molar-refractivity contribution in [2.24, 2.45) is 4.99 Å². The number of nitrogens with zero attached hydrogens (tertiary/aromatic N) is 3. The van der Waals surface area contributed by atoms with Gasteiger partial charge < -0.3 is 9.64 Å². The van der Waals surface area contributed by atoms with Gasteiger partial charge in [-0.2, -0.15) is 13.2 Å². The van der Waals surface area contributed by atoms with Gasteiger partial charge in [0.05, 0.1) is 18.7 Å². The van der Waals surface area contributed by atoms with Gasteiger partial charge >= 0.3 is 11.5 Å². The Morgan fingerprint density at radius 2 is 2.18 bits per heavy atom. The molecule has 1 aromatic carbocycles. The first-order valence-electron chi connectivity index (χ1n) is 9.87. The predicted octanol–water partition coefficient (Wildman–Crippen LogP) is 4.16. The first kappa shape index (κ1) is 26.4. The maximum atomic E-state index is 12.6. The second-order valence-electron chi connectivity index (χ2n) is 6.91. The highest BCUT2D eigenvalue weighted by atomic mass is 79.9. The number of thiazole rings is 1. The van der Waals surface area contributed by atoms with Gasteiger partial charge in [0.15, 0.2) is 21.8 Å². The monoisotopic (exact) mass is 582 g/mol. The zero-order valence-corrected chi connectivity index (χ0v) is 20.9. The molecule has 1 fully saturated rings. The van der Waals surface area contributed by atoms with Crippen LogP contribution in [0.2, 0.25) is 0 Å². The maximum absolute atomic E-state index is 12.6. The number of nitrogens with one attached hydrogen (secondary N) is 1. The van der Waals surface area contributed by atoms with Crippen LogP contribution in [0.3, 0.4) is 0 Å². The second-order valence-corrected chi connectivity index (χ2v) is 9.95. The molecular weight excluding hydrogens is 564 g/mol. The number of benzene rings is 1. The Balaban J connectivity index is 0.000000343. The molecule has 7 nitrogen and oxygen atoms in total. The molecule has 0 bridgehead atoms. The fourth-order valence-electron chi connectivity index (χ4n) is 3.24. The average Bonchev–Trinajstić information content (AvgIpc) is 3.43. The highest BCUT2D eigenvalue weighted by Crippen LogP contribution is 2.32. The predicted molar refractivity (Wildman–Crippen MR) is 124 cm³/mol. The van der Waals surface area contributed by atoms with Crippen molar-refractivity contribution in [3.05, 3.63) is 62.4 Å². The normalized spacial score (nSPS) is 18.6. The van der Waals surface area contributed by atoms with Crippen molar-refractivity contribution >= 4 is 50.1 Å². The van der Waals surface area contributed by atoms with Gasteiger partial charge in [-0.1, -0.05) is 22.0 Å². The summed E-state index contributed by atoms with van der Waals surface area (Å²) in [4.78, 5) is 22.4. The number of carbonyl (C=O) groups excluding carboxylic acids is 1. The first-order chi connectivity index (χ1) is 16.1. The quantitative estimate of drug-likeness (QED) is 0.423. The van der Waals surface area contributed by atoms with Gasteiger partial charge in [-0.15, -0.1) is 11.3 Å². The number of aromatic nitrogens is 1. The van der Waals surface area contributed by atoms with E-state index in [0.29, 0.717) is 22.1 Å². The molecule has 2 aromatic rings. The molecule has 1 saturated heterocycles. The number of fused-ring (bicyclic) bond motifs is 1. The number of rotatable bonds is 5. The lowest BCUT2D eigenvalue weighted by Gasteiger charge is -2.26. The molecule has 2 atom stereocenters. The third-order valence-corrected chi connectivity index (χ3v) is 6.81. The van der Waals surface area contributed by atoms with Crippen molar-refractivity contribution < 1.29 is 31.3 Å². The van der Waals surface area contributed by atoms with Gasteiger partial charge in [0.1, 0.15) is 5.82 Å². The van der Waals surface area contributed by atoms with Crippen molar-refractivity contribution in [2.45, 2.75) is 24.9 Å². The lowest BCUT2D eigenvalue weighted by molar-refractivity contribution is -0.138. The van der Waals surface area contributed by atoms with Crippen LogP contribution in [0.15, 0.2) is 56.6 Å². The van der Waals surface area contributed by atoms with Gasteiger partial charge in [-0.25, -0.2) is 23.1 Å². The van der Waals surface area contributed by atoms with E-state index in [1.54, 1.807) is 35.5 Å². The smallest absolute Gasteiger partial charge is 0.463 e. The third kappa shape index (κ3) is 6.71. The van der Waals surface area contributed by atoms with Crippen molar-refractivity contribution in [1.29, 1.82) is 0 Å². The Morgan fingerprint density at radius 1 is 1.41 bits per heavy atom. The van der Waals surface area contributed by atoms with E-state index in [1.165, 1.54) is 23.5 Å². The van der Waals surface area contributed by atoms with Crippen molar-refractivity contribution in [3.8, 4) is 0 Å².